The molecule has 1 amide bonds. The lowest BCUT2D eigenvalue weighted by molar-refractivity contribution is -0.131. The molecule has 9 heteroatoms. The van der Waals surface area contributed by atoms with Gasteiger partial charge in [0.1, 0.15) is 5.75 Å². The zero-order valence-electron chi connectivity index (χ0n) is 20.2. The molecule has 1 aliphatic rings. The van der Waals surface area contributed by atoms with Crippen LogP contribution >= 0.6 is 11.8 Å². The van der Waals surface area contributed by atoms with E-state index in [0.29, 0.717) is 39.3 Å². The van der Waals surface area contributed by atoms with Gasteiger partial charge in [-0.3, -0.25) is 14.0 Å². The van der Waals surface area contributed by atoms with Gasteiger partial charge < -0.3 is 9.64 Å². The number of methoxy groups -OCH3 is 1. The average Bonchev–Trinajstić information content (AvgIpc) is 3.31. The maximum absolute atomic E-state index is 13.5. The van der Waals surface area contributed by atoms with Crippen molar-refractivity contribution in [2.45, 2.75) is 55.5 Å². The number of benzene rings is 2. The zero-order valence-corrected chi connectivity index (χ0v) is 21.0. The van der Waals surface area contributed by atoms with Crippen LogP contribution in [0.1, 0.15) is 39.0 Å². The molecule has 1 fully saturated rings. The fourth-order valence-corrected chi connectivity index (χ4v) is 5.84. The van der Waals surface area contributed by atoms with Crippen molar-refractivity contribution < 1.29 is 9.53 Å². The number of rotatable bonds is 6. The zero-order chi connectivity index (χ0) is 24.5. The van der Waals surface area contributed by atoms with E-state index in [0.717, 1.165) is 12.8 Å². The van der Waals surface area contributed by atoms with Gasteiger partial charge in [0.15, 0.2) is 5.16 Å². The smallest absolute Gasteiger partial charge is 0.267 e. The molecule has 2 aromatic carbocycles. The Kier molecular flexibility index (Phi) is 6.51. The van der Waals surface area contributed by atoms with Gasteiger partial charge in [0.05, 0.1) is 29.0 Å². The highest BCUT2D eigenvalue weighted by atomic mass is 32.2. The number of hydrogen-bond acceptors (Lipinski definition) is 6. The minimum atomic E-state index is -0.342. The van der Waals surface area contributed by atoms with E-state index in [1.807, 2.05) is 59.7 Å². The van der Waals surface area contributed by atoms with Gasteiger partial charge >= 0.3 is 0 Å². The average molecular weight is 492 g/mol. The summed E-state index contributed by atoms with van der Waals surface area (Å²) in [5, 5.41) is 9.60. The molecule has 1 unspecified atom stereocenters. The van der Waals surface area contributed by atoms with Gasteiger partial charge in [-0.15, -0.1) is 10.2 Å². The van der Waals surface area contributed by atoms with Gasteiger partial charge in [0.25, 0.3) is 5.56 Å². The summed E-state index contributed by atoms with van der Waals surface area (Å²) in [5.74, 6) is 1.12. The van der Waals surface area contributed by atoms with Crippen molar-refractivity contribution in [2.75, 3.05) is 14.2 Å². The van der Waals surface area contributed by atoms with Crippen LogP contribution in [0.25, 0.3) is 22.4 Å². The number of carbonyl (C=O) groups excluding carboxylic acids is 1. The molecular weight excluding hydrogens is 462 g/mol. The van der Waals surface area contributed by atoms with Crippen LogP contribution in [0.2, 0.25) is 0 Å². The van der Waals surface area contributed by atoms with Crippen LogP contribution in [0.5, 0.6) is 5.75 Å². The molecule has 182 valence electrons. The summed E-state index contributed by atoms with van der Waals surface area (Å²) in [5.41, 5.74) is 1.15. The van der Waals surface area contributed by atoms with Crippen LogP contribution in [-0.2, 0) is 4.79 Å². The number of amides is 1. The lowest BCUT2D eigenvalue weighted by Crippen LogP contribution is -2.42. The normalized spacial score (nSPS) is 15.4. The molecule has 35 heavy (non-hydrogen) atoms. The maximum Gasteiger partial charge on any atom is 0.267 e. The summed E-state index contributed by atoms with van der Waals surface area (Å²) in [6, 6.07) is 15.0. The number of carbonyl (C=O) groups is 1. The van der Waals surface area contributed by atoms with E-state index in [4.69, 9.17) is 4.74 Å². The second-order valence-electron chi connectivity index (χ2n) is 8.98. The van der Waals surface area contributed by atoms with E-state index < -0.39 is 0 Å². The molecule has 2 aromatic heterocycles. The van der Waals surface area contributed by atoms with Crippen molar-refractivity contribution in [3.8, 4) is 11.4 Å². The summed E-state index contributed by atoms with van der Waals surface area (Å²) in [4.78, 5) is 28.7. The van der Waals surface area contributed by atoms with Crippen LogP contribution in [0.15, 0.2) is 58.5 Å². The molecule has 0 bridgehead atoms. The molecule has 0 radical (unpaired) electrons. The Bertz CT molecular complexity index is 1440. The summed E-state index contributed by atoms with van der Waals surface area (Å²) in [6.45, 7) is 1.91. The van der Waals surface area contributed by atoms with Crippen LogP contribution in [0.3, 0.4) is 0 Å². The summed E-state index contributed by atoms with van der Waals surface area (Å²) in [7, 11) is 3.50. The molecule has 8 nitrogen and oxygen atoms in total. The van der Waals surface area contributed by atoms with Gasteiger partial charge in [-0.05, 0) is 44.0 Å². The van der Waals surface area contributed by atoms with E-state index in [1.54, 1.807) is 23.8 Å². The SMILES string of the molecule is COc1cccc(-n2c(=O)c3ccccc3n3c(SC(C)C(=O)N(C)C4CCCCC4)nnc23)c1. The largest absolute Gasteiger partial charge is 0.497 e. The van der Waals surface area contributed by atoms with Gasteiger partial charge in [-0.1, -0.05) is 49.2 Å². The molecule has 1 saturated carbocycles. The van der Waals surface area contributed by atoms with E-state index in [2.05, 4.69) is 10.2 Å². The van der Waals surface area contributed by atoms with Crippen molar-refractivity contribution in [3.63, 3.8) is 0 Å². The fraction of sp³-hybridized carbons (Fsp3) is 0.385. The van der Waals surface area contributed by atoms with Crippen molar-refractivity contribution in [1.29, 1.82) is 0 Å². The highest BCUT2D eigenvalue weighted by molar-refractivity contribution is 8.00. The van der Waals surface area contributed by atoms with E-state index in [1.165, 1.54) is 31.0 Å². The van der Waals surface area contributed by atoms with Gasteiger partial charge in [0, 0.05) is 19.2 Å². The van der Waals surface area contributed by atoms with Crippen molar-refractivity contribution in [3.05, 3.63) is 58.9 Å². The van der Waals surface area contributed by atoms with Crippen molar-refractivity contribution in [2.24, 2.45) is 0 Å². The molecule has 2 heterocycles. The molecule has 0 saturated heterocycles. The number of hydrogen-bond donors (Lipinski definition) is 0. The van der Waals surface area contributed by atoms with E-state index in [9.17, 15) is 9.59 Å². The minimum Gasteiger partial charge on any atom is -0.497 e. The number of fused-ring (bicyclic) bond motifs is 3. The standard InChI is InChI=1S/C26H29N5O3S/c1-17(23(32)29(2)18-10-5-4-6-11-18)35-26-28-27-25-30(19-12-9-13-20(16-19)34-3)24(33)21-14-7-8-15-22(21)31(25)26/h7-9,12-18H,4-6,10-11H2,1-3H3. The topological polar surface area (TPSA) is 81.7 Å². The van der Waals surface area contributed by atoms with Crippen molar-refractivity contribution >= 4 is 34.3 Å². The van der Waals surface area contributed by atoms with Gasteiger partial charge in [-0.25, -0.2) is 4.57 Å². The first kappa shape index (κ1) is 23.4. The fourth-order valence-electron chi connectivity index (χ4n) is 4.88. The number of ether oxygens (including phenoxy) is 1. The first-order chi connectivity index (χ1) is 17.0. The first-order valence-corrected chi connectivity index (χ1v) is 12.8. The summed E-state index contributed by atoms with van der Waals surface area (Å²) < 4.78 is 8.78. The number of thioether (sulfide) groups is 1. The minimum absolute atomic E-state index is 0.0871. The predicted molar refractivity (Wildman–Crippen MR) is 138 cm³/mol. The second-order valence-corrected chi connectivity index (χ2v) is 10.3. The highest BCUT2D eigenvalue weighted by Crippen LogP contribution is 2.29. The maximum atomic E-state index is 13.5. The highest BCUT2D eigenvalue weighted by Gasteiger charge is 2.28. The molecule has 0 N–H and O–H groups in total. The van der Waals surface area contributed by atoms with Gasteiger partial charge in [-0.2, -0.15) is 0 Å². The van der Waals surface area contributed by atoms with Crippen LogP contribution < -0.4 is 10.3 Å². The number of para-hydroxylation sites is 1. The summed E-state index contributed by atoms with van der Waals surface area (Å²) in [6.07, 6.45) is 5.71. The molecule has 5 rings (SSSR count). The van der Waals surface area contributed by atoms with Gasteiger partial charge in [0.2, 0.25) is 11.7 Å². The first-order valence-electron chi connectivity index (χ1n) is 12.0. The Morgan fingerprint density at radius 1 is 1.11 bits per heavy atom. The lowest BCUT2D eigenvalue weighted by atomic mass is 9.94. The Morgan fingerprint density at radius 3 is 2.66 bits per heavy atom. The Morgan fingerprint density at radius 2 is 1.89 bits per heavy atom. The molecular formula is C26H29N5O3S. The Hall–Kier alpha value is -3.33. The van der Waals surface area contributed by atoms with E-state index >= 15 is 0 Å². The number of nitrogens with zero attached hydrogens (tertiary/aromatic N) is 5. The van der Waals surface area contributed by atoms with Crippen LogP contribution in [-0.4, -0.2) is 55.4 Å². The van der Waals surface area contributed by atoms with E-state index in [-0.39, 0.29) is 16.7 Å². The Balaban J connectivity index is 1.58. The quantitative estimate of drug-likeness (QED) is 0.374. The van der Waals surface area contributed by atoms with Crippen molar-refractivity contribution in [1.82, 2.24) is 24.1 Å². The third-order valence-electron chi connectivity index (χ3n) is 6.81. The lowest BCUT2D eigenvalue weighted by Gasteiger charge is -2.32. The monoisotopic (exact) mass is 491 g/mol. The molecule has 0 aliphatic heterocycles. The molecule has 4 aromatic rings. The molecule has 1 atom stereocenters. The third-order valence-corrected chi connectivity index (χ3v) is 7.84. The second kappa shape index (κ2) is 9.73. The van der Waals surface area contributed by atoms with Crippen LogP contribution in [0, 0.1) is 0 Å². The molecule has 1 aliphatic carbocycles. The third kappa shape index (κ3) is 4.29. The Labute approximate surface area is 207 Å². The summed E-state index contributed by atoms with van der Waals surface area (Å²) >= 11 is 1.37. The molecule has 0 spiro atoms. The van der Waals surface area contributed by atoms with Crippen LogP contribution in [0.4, 0.5) is 0 Å². The number of aromatic nitrogens is 4. The predicted octanol–water partition coefficient (Wildman–Crippen LogP) is 4.31.